The summed E-state index contributed by atoms with van der Waals surface area (Å²) >= 11 is 12.2. The van der Waals surface area contributed by atoms with E-state index in [0.29, 0.717) is 6.61 Å². The number of hydrogen-bond acceptors (Lipinski definition) is 2. The van der Waals surface area contributed by atoms with E-state index in [4.69, 9.17) is 27.9 Å². The Morgan fingerprint density at radius 3 is 2.56 bits per heavy atom. The van der Waals surface area contributed by atoms with Crippen LogP contribution in [0, 0.1) is 0 Å². The molecule has 0 aliphatic heterocycles. The number of benzene rings is 2. The van der Waals surface area contributed by atoms with Gasteiger partial charge in [-0.05, 0) is 42.2 Å². The van der Waals surface area contributed by atoms with Crippen LogP contribution in [0.1, 0.15) is 17.5 Å². The minimum absolute atomic E-state index is 0.0705. The molecule has 0 saturated carbocycles. The smallest absolute Gasteiger partial charge is 0.0946 e. The van der Waals surface area contributed by atoms with Crippen molar-refractivity contribution in [1.82, 2.24) is 9.55 Å². The molecule has 1 atom stereocenters. The van der Waals surface area contributed by atoms with E-state index in [1.54, 1.807) is 6.20 Å². The van der Waals surface area contributed by atoms with Gasteiger partial charge in [0.05, 0.1) is 19.0 Å². The van der Waals surface area contributed by atoms with Gasteiger partial charge in [0.15, 0.2) is 0 Å². The predicted molar refractivity (Wildman–Crippen MR) is 102 cm³/mol. The van der Waals surface area contributed by atoms with Gasteiger partial charge in [0.2, 0.25) is 0 Å². The summed E-state index contributed by atoms with van der Waals surface area (Å²) in [5.41, 5.74) is 2.26. The number of hydrogen-bond donors (Lipinski definition) is 0. The van der Waals surface area contributed by atoms with Crippen LogP contribution in [-0.2, 0) is 24.3 Å². The highest BCUT2D eigenvalue weighted by Gasteiger charge is 2.12. The number of aromatic nitrogens is 2. The maximum Gasteiger partial charge on any atom is 0.0946 e. The number of imidazole rings is 1. The Morgan fingerprint density at radius 2 is 1.84 bits per heavy atom. The van der Waals surface area contributed by atoms with Crippen LogP contribution in [0.25, 0.3) is 0 Å². The molecule has 5 heteroatoms. The molecule has 0 aliphatic rings. The molecule has 25 heavy (non-hydrogen) atoms. The number of rotatable bonds is 8. The van der Waals surface area contributed by atoms with Gasteiger partial charge in [0, 0.05) is 29.0 Å². The van der Waals surface area contributed by atoms with E-state index < -0.39 is 0 Å². The van der Waals surface area contributed by atoms with Gasteiger partial charge in [-0.3, -0.25) is 0 Å². The average Bonchev–Trinajstić information content (AvgIpc) is 3.13. The second kappa shape index (κ2) is 9.04. The molecule has 2 aromatic carbocycles. The van der Waals surface area contributed by atoms with Crippen LogP contribution in [0.5, 0.6) is 0 Å². The Hall–Kier alpha value is -1.81. The van der Waals surface area contributed by atoms with Crippen molar-refractivity contribution in [3.05, 3.63) is 88.4 Å². The van der Waals surface area contributed by atoms with Crippen LogP contribution < -0.4 is 0 Å². The lowest BCUT2D eigenvalue weighted by atomic mass is 10.1. The first-order valence-corrected chi connectivity index (χ1v) is 9.01. The first-order valence-electron chi connectivity index (χ1n) is 8.26. The monoisotopic (exact) mass is 374 g/mol. The van der Waals surface area contributed by atoms with Gasteiger partial charge in [0.25, 0.3) is 0 Å². The van der Waals surface area contributed by atoms with Gasteiger partial charge in [-0.15, -0.1) is 0 Å². The second-order valence-corrected chi connectivity index (χ2v) is 6.79. The molecule has 0 saturated heterocycles. The third-order valence-corrected chi connectivity index (χ3v) is 4.69. The van der Waals surface area contributed by atoms with E-state index in [1.807, 2.05) is 53.5 Å². The summed E-state index contributed by atoms with van der Waals surface area (Å²) in [5, 5.41) is 1.50. The van der Waals surface area contributed by atoms with E-state index in [0.717, 1.165) is 35.0 Å². The average molecular weight is 375 g/mol. The topological polar surface area (TPSA) is 27.1 Å². The number of nitrogens with zero attached hydrogens (tertiary/aromatic N) is 2. The second-order valence-electron chi connectivity index (χ2n) is 5.95. The maximum atomic E-state index is 6.23. The molecular weight excluding hydrogens is 355 g/mol. The SMILES string of the molecule is Clc1ccc(CCC(Cn2ccnc2)OCc2ccccc2Cl)cc1. The Kier molecular flexibility index (Phi) is 6.51. The molecule has 1 aromatic heterocycles. The minimum Gasteiger partial charge on any atom is -0.372 e. The van der Waals surface area contributed by atoms with Gasteiger partial charge in [0.1, 0.15) is 0 Å². The lowest BCUT2D eigenvalue weighted by Crippen LogP contribution is -2.20. The van der Waals surface area contributed by atoms with Crippen molar-refractivity contribution in [2.75, 3.05) is 0 Å². The summed E-state index contributed by atoms with van der Waals surface area (Å²) in [7, 11) is 0. The summed E-state index contributed by atoms with van der Waals surface area (Å²) < 4.78 is 8.21. The number of halogens is 2. The summed E-state index contributed by atoms with van der Waals surface area (Å²) in [6, 6.07) is 15.8. The summed E-state index contributed by atoms with van der Waals surface area (Å²) in [4.78, 5) is 4.11. The van der Waals surface area contributed by atoms with Gasteiger partial charge in [-0.1, -0.05) is 53.5 Å². The first-order chi connectivity index (χ1) is 12.2. The Morgan fingerprint density at radius 1 is 1.04 bits per heavy atom. The van der Waals surface area contributed by atoms with Crippen molar-refractivity contribution in [2.24, 2.45) is 0 Å². The van der Waals surface area contributed by atoms with Gasteiger partial charge < -0.3 is 9.30 Å². The summed E-state index contributed by atoms with van der Waals surface area (Å²) in [6.07, 6.45) is 7.46. The van der Waals surface area contributed by atoms with Crippen LogP contribution in [0.4, 0.5) is 0 Å². The third kappa shape index (κ3) is 5.60. The Labute approximate surface area is 158 Å². The number of ether oxygens (including phenoxy) is 1. The first kappa shape index (κ1) is 18.0. The molecule has 0 fully saturated rings. The molecule has 0 N–H and O–H groups in total. The molecule has 0 amide bonds. The van der Waals surface area contributed by atoms with Crippen LogP contribution in [0.2, 0.25) is 10.0 Å². The van der Waals surface area contributed by atoms with E-state index in [-0.39, 0.29) is 6.10 Å². The fourth-order valence-corrected chi connectivity index (χ4v) is 2.98. The van der Waals surface area contributed by atoms with Crippen LogP contribution in [0.3, 0.4) is 0 Å². The van der Waals surface area contributed by atoms with Crippen LogP contribution >= 0.6 is 23.2 Å². The molecule has 3 rings (SSSR count). The summed E-state index contributed by atoms with van der Waals surface area (Å²) in [6.45, 7) is 1.26. The van der Waals surface area contributed by atoms with E-state index in [2.05, 4.69) is 17.1 Å². The fraction of sp³-hybridized carbons (Fsp3) is 0.250. The molecule has 0 aliphatic carbocycles. The van der Waals surface area contributed by atoms with E-state index in [9.17, 15) is 0 Å². The van der Waals surface area contributed by atoms with Crippen molar-refractivity contribution in [2.45, 2.75) is 32.1 Å². The molecule has 0 spiro atoms. The van der Waals surface area contributed by atoms with Gasteiger partial charge in [-0.2, -0.15) is 0 Å². The Balaban J connectivity index is 1.62. The minimum atomic E-state index is 0.0705. The predicted octanol–water partition coefficient (Wildman–Crippen LogP) is 5.41. The standard InChI is InChI=1S/C20H20Cl2N2O/c21-18-8-5-16(6-9-18)7-10-19(13-24-12-11-23-15-24)25-14-17-3-1-2-4-20(17)22/h1-6,8-9,11-12,15,19H,7,10,13-14H2. The molecular formula is C20H20Cl2N2O. The fourth-order valence-electron chi connectivity index (χ4n) is 2.66. The molecule has 1 heterocycles. The normalized spacial score (nSPS) is 12.2. The van der Waals surface area contributed by atoms with Gasteiger partial charge >= 0.3 is 0 Å². The van der Waals surface area contributed by atoms with Crippen molar-refractivity contribution >= 4 is 23.2 Å². The maximum absolute atomic E-state index is 6.23. The van der Waals surface area contributed by atoms with Crippen LogP contribution in [0.15, 0.2) is 67.3 Å². The lowest BCUT2D eigenvalue weighted by molar-refractivity contribution is 0.0240. The summed E-state index contributed by atoms with van der Waals surface area (Å²) in [5.74, 6) is 0. The zero-order valence-corrected chi connectivity index (χ0v) is 15.3. The largest absolute Gasteiger partial charge is 0.372 e. The van der Waals surface area contributed by atoms with E-state index in [1.165, 1.54) is 5.56 Å². The van der Waals surface area contributed by atoms with Crippen molar-refractivity contribution in [1.29, 1.82) is 0 Å². The molecule has 1 unspecified atom stereocenters. The highest BCUT2D eigenvalue weighted by atomic mass is 35.5. The third-order valence-electron chi connectivity index (χ3n) is 4.07. The Bertz CT molecular complexity index is 773. The van der Waals surface area contributed by atoms with Crippen LogP contribution in [-0.4, -0.2) is 15.7 Å². The molecule has 130 valence electrons. The van der Waals surface area contributed by atoms with Gasteiger partial charge in [-0.25, -0.2) is 4.98 Å². The molecule has 0 bridgehead atoms. The highest BCUT2D eigenvalue weighted by Crippen LogP contribution is 2.19. The quantitative estimate of drug-likeness (QED) is 0.527. The molecule has 3 aromatic rings. The van der Waals surface area contributed by atoms with E-state index >= 15 is 0 Å². The number of aryl methyl sites for hydroxylation is 1. The molecule has 0 radical (unpaired) electrons. The highest BCUT2D eigenvalue weighted by molar-refractivity contribution is 6.31. The zero-order valence-electron chi connectivity index (χ0n) is 13.8. The lowest BCUT2D eigenvalue weighted by Gasteiger charge is -2.19. The zero-order chi connectivity index (χ0) is 17.5. The van der Waals surface area contributed by atoms with Crippen molar-refractivity contribution in [3.8, 4) is 0 Å². The van der Waals surface area contributed by atoms with Crippen molar-refractivity contribution in [3.63, 3.8) is 0 Å². The van der Waals surface area contributed by atoms with Crippen molar-refractivity contribution < 1.29 is 4.74 Å². The molecule has 3 nitrogen and oxygen atoms in total.